The van der Waals surface area contributed by atoms with Crippen LogP contribution in [-0.2, 0) is 16.0 Å². The highest BCUT2D eigenvalue weighted by molar-refractivity contribution is 5.84. The van der Waals surface area contributed by atoms with E-state index in [1.54, 1.807) is 0 Å². The molecule has 0 bridgehead atoms. The number of nitrogens with one attached hydrogen (secondary N) is 2. The van der Waals surface area contributed by atoms with Crippen LogP contribution in [0.25, 0.3) is 10.9 Å². The smallest absolute Gasteiger partial charge is 0.320 e. The zero-order valence-corrected chi connectivity index (χ0v) is 14.8. The summed E-state index contributed by atoms with van der Waals surface area (Å²) in [5, 5.41) is 29.6. The van der Waals surface area contributed by atoms with Crippen molar-refractivity contribution in [2.75, 3.05) is 13.2 Å². The van der Waals surface area contributed by atoms with E-state index < -0.39 is 24.0 Å². The maximum absolute atomic E-state index is 10.6. The van der Waals surface area contributed by atoms with Gasteiger partial charge in [0.25, 0.3) is 0 Å². The summed E-state index contributed by atoms with van der Waals surface area (Å²) >= 11 is 0. The van der Waals surface area contributed by atoms with Crippen LogP contribution in [0, 0.1) is 0 Å². The van der Waals surface area contributed by atoms with Gasteiger partial charge in [-0.3, -0.25) is 9.59 Å². The van der Waals surface area contributed by atoms with Crippen molar-refractivity contribution in [2.45, 2.75) is 38.3 Å². The van der Waals surface area contributed by atoms with Gasteiger partial charge in [-0.15, -0.1) is 0 Å². The van der Waals surface area contributed by atoms with Crippen molar-refractivity contribution < 1.29 is 24.9 Å². The van der Waals surface area contributed by atoms with Gasteiger partial charge >= 0.3 is 11.9 Å². The van der Waals surface area contributed by atoms with Gasteiger partial charge in [0.1, 0.15) is 12.1 Å². The third-order valence-electron chi connectivity index (χ3n) is 3.79. The molecule has 0 aliphatic rings. The largest absolute Gasteiger partial charge is 0.480 e. The zero-order chi connectivity index (χ0) is 19.5. The molecule has 0 saturated heterocycles. The van der Waals surface area contributed by atoms with E-state index in [0.29, 0.717) is 13.0 Å². The molecule has 7 N–H and O–H groups in total. The lowest BCUT2D eigenvalue weighted by molar-refractivity contribution is -0.140. The lowest BCUT2D eigenvalue weighted by atomic mass is 10.1. The van der Waals surface area contributed by atoms with E-state index in [4.69, 9.17) is 21.1 Å². The molecule has 0 spiro atoms. The second kappa shape index (κ2) is 11.2. The monoisotopic (exact) mass is 365 g/mol. The van der Waals surface area contributed by atoms with Gasteiger partial charge in [-0.2, -0.15) is 0 Å². The minimum Gasteiger partial charge on any atom is -0.480 e. The Bertz CT molecular complexity index is 701. The van der Waals surface area contributed by atoms with Crippen LogP contribution in [0.5, 0.6) is 0 Å². The Morgan fingerprint density at radius 1 is 1.23 bits per heavy atom. The summed E-state index contributed by atoms with van der Waals surface area (Å²) < 4.78 is 0. The van der Waals surface area contributed by atoms with Crippen molar-refractivity contribution in [3.8, 4) is 0 Å². The molecule has 2 atom stereocenters. The van der Waals surface area contributed by atoms with Crippen LogP contribution in [0.4, 0.5) is 0 Å². The number of aliphatic carboxylic acids is 2. The summed E-state index contributed by atoms with van der Waals surface area (Å²) in [4.78, 5) is 24.1. The van der Waals surface area contributed by atoms with Crippen LogP contribution in [0.1, 0.15) is 25.3 Å². The zero-order valence-electron chi connectivity index (χ0n) is 14.8. The molecule has 0 aliphatic heterocycles. The number of carbonyl (C=O) groups is 2. The molecule has 0 unspecified atom stereocenters. The van der Waals surface area contributed by atoms with E-state index in [2.05, 4.69) is 10.3 Å². The number of para-hydroxylation sites is 1. The number of carboxylic acids is 2. The highest BCUT2D eigenvalue weighted by Gasteiger charge is 2.15. The third kappa shape index (κ3) is 6.83. The van der Waals surface area contributed by atoms with E-state index in [-0.39, 0.29) is 13.0 Å². The summed E-state index contributed by atoms with van der Waals surface area (Å²) in [6, 6.07) is 6.32. The number of aliphatic hydroxyl groups is 1. The summed E-state index contributed by atoms with van der Waals surface area (Å²) in [6.07, 6.45) is 3.33. The molecule has 0 fully saturated rings. The average Bonchev–Trinajstić information content (AvgIpc) is 3.02. The summed E-state index contributed by atoms with van der Waals surface area (Å²) in [5.41, 5.74) is 7.43. The molecule has 144 valence electrons. The number of rotatable bonds is 9. The van der Waals surface area contributed by atoms with Gasteiger partial charge in [0.2, 0.25) is 0 Å². The first kappa shape index (κ1) is 21.6. The highest BCUT2D eigenvalue weighted by Crippen LogP contribution is 2.18. The van der Waals surface area contributed by atoms with Gasteiger partial charge in [0, 0.05) is 30.1 Å². The second-order valence-electron chi connectivity index (χ2n) is 5.87. The van der Waals surface area contributed by atoms with Crippen molar-refractivity contribution in [1.29, 1.82) is 0 Å². The Balaban J connectivity index is 0.000000276. The molecule has 8 heteroatoms. The number of aromatic nitrogens is 1. The maximum Gasteiger partial charge on any atom is 0.320 e. The van der Waals surface area contributed by atoms with Gasteiger partial charge in [0.15, 0.2) is 0 Å². The fourth-order valence-corrected chi connectivity index (χ4v) is 2.39. The molecule has 26 heavy (non-hydrogen) atoms. The van der Waals surface area contributed by atoms with Crippen LogP contribution in [0.3, 0.4) is 0 Å². The molecule has 0 aliphatic carbocycles. The molecule has 1 heterocycles. The number of H-pyrrole nitrogens is 1. The number of benzene rings is 1. The van der Waals surface area contributed by atoms with E-state index in [1.807, 2.05) is 37.4 Å². The molecule has 0 amide bonds. The van der Waals surface area contributed by atoms with Crippen LogP contribution in [-0.4, -0.2) is 57.5 Å². The highest BCUT2D eigenvalue weighted by atomic mass is 16.4. The fourth-order valence-electron chi connectivity index (χ4n) is 2.39. The van der Waals surface area contributed by atoms with Gasteiger partial charge in [-0.05, 0) is 31.0 Å². The Kier molecular flexibility index (Phi) is 9.35. The minimum atomic E-state index is -0.972. The van der Waals surface area contributed by atoms with Crippen molar-refractivity contribution in [3.05, 3.63) is 36.0 Å². The predicted molar refractivity (Wildman–Crippen MR) is 99.0 cm³/mol. The minimum absolute atomic E-state index is 0.0896. The van der Waals surface area contributed by atoms with Gasteiger partial charge in [-0.1, -0.05) is 25.1 Å². The number of aliphatic hydroxyl groups excluding tert-OH is 1. The molecular formula is C18H27N3O5. The Morgan fingerprint density at radius 3 is 2.50 bits per heavy atom. The molecule has 2 aromatic rings. The Hall–Kier alpha value is -2.42. The predicted octanol–water partition coefficient (Wildman–Crippen LogP) is 0.944. The fraction of sp³-hybridized carbons (Fsp3) is 0.444. The van der Waals surface area contributed by atoms with Crippen LogP contribution in [0.15, 0.2) is 30.5 Å². The van der Waals surface area contributed by atoms with E-state index in [1.165, 1.54) is 0 Å². The quantitative estimate of drug-likeness (QED) is 0.387. The number of hydrogen-bond donors (Lipinski definition) is 6. The van der Waals surface area contributed by atoms with Crippen molar-refractivity contribution in [1.82, 2.24) is 10.3 Å². The number of aromatic amines is 1. The van der Waals surface area contributed by atoms with Crippen LogP contribution >= 0.6 is 0 Å². The number of hydrogen-bond acceptors (Lipinski definition) is 5. The first-order valence-corrected chi connectivity index (χ1v) is 8.51. The number of fused-ring (bicyclic) bond motifs is 1. The van der Waals surface area contributed by atoms with Crippen molar-refractivity contribution in [3.63, 3.8) is 0 Å². The molecule has 0 radical (unpaired) electrons. The maximum atomic E-state index is 10.6. The van der Waals surface area contributed by atoms with E-state index >= 15 is 0 Å². The molecular weight excluding hydrogens is 338 g/mol. The third-order valence-corrected chi connectivity index (χ3v) is 3.79. The molecule has 2 rings (SSSR count). The molecule has 0 saturated carbocycles. The van der Waals surface area contributed by atoms with Gasteiger partial charge in [0.05, 0.1) is 0 Å². The Labute approximate surface area is 152 Å². The van der Waals surface area contributed by atoms with Gasteiger partial charge in [-0.25, -0.2) is 0 Å². The lowest BCUT2D eigenvalue weighted by Crippen LogP contribution is -2.37. The standard InChI is InChI=1S/C11H12N2O2.C7H15NO3/c12-9(11(14)15)5-7-6-13-10-4-2-1-3-8(7)10;1-2-4-8-6(3-5-9)7(10)11/h1-4,6,9,13H,5,12H2,(H,14,15);6,8-9H,2-5H2,1H3,(H,10,11)/t9-;6-/m00/s1. The Morgan fingerprint density at radius 2 is 1.92 bits per heavy atom. The average molecular weight is 365 g/mol. The van der Waals surface area contributed by atoms with E-state index in [0.717, 1.165) is 22.9 Å². The number of nitrogens with two attached hydrogens (primary N) is 1. The molecule has 1 aromatic heterocycles. The SMILES string of the molecule is CCCN[C@@H](CCO)C(=O)O.N[C@@H](Cc1c[nH]c2ccccc12)C(=O)O. The summed E-state index contributed by atoms with van der Waals surface area (Å²) in [5.74, 6) is -1.87. The first-order chi connectivity index (χ1) is 12.4. The molecule has 1 aromatic carbocycles. The van der Waals surface area contributed by atoms with E-state index in [9.17, 15) is 9.59 Å². The van der Waals surface area contributed by atoms with Crippen LogP contribution in [0.2, 0.25) is 0 Å². The van der Waals surface area contributed by atoms with Crippen molar-refractivity contribution in [2.24, 2.45) is 5.73 Å². The number of carboxylic acid groups (broad SMARTS) is 2. The van der Waals surface area contributed by atoms with Crippen LogP contribution < -0.4 is 11.1 Å². The summed E-state index contributed by atoms with van der Waals surface area (Å²) in [7, 11) is 0. The lowest BCUT2D eigenvalue weighted by Gasteiger charge is -2.11. The van der Waals surface area contributed by atoms with Gasteiger partial charge < -0.3 is 31.4 Å². The topological polar surface area (TPSA) is 149 Å². The normalized spacial score (nSPS) is 12.9. The second-order valence-corrected chi connectivity index (χ2v) is 5.87. The first-order valence-electron chi connectivity index (χ1n) is 8.51. The van der Waals surface area contributed by atoms with Crippen molar-refractivity contribution >= 4 is 22.8 Å². The molecule has 8 nitrogen and oxygen atoms in total. The summed E-state index contributed by atoms with van der Waals surface area (Å²) in [6.45, 7) is 2.55.